The first-order valence-corrected chi connectivity index (χ1v) is 7.88. The van der Waals surface area contributed by atoms with Gasteiger partial charge in [-0.05, 0) is 24.6 Å². The predicted octanol–water partition coefficient (Wildman–Crippen LogP) is 4.20. The van der Waals surface area contributed by atoms with Crippen LogP contribution in [-0.2, 0) is 4.84 Å². The van der Waals surface area contributed by atoms with E-state index in [1.165, 1.54) is 18.2 Å². The molecule has 0 bridgehead atoms. The van der Waals surface area contributed by atoms with E-state index >= 15 is 0 Å². The molecule has 1 N–H and O–H groups in total. The highest BCUT2D eigenvalue weighted by molar-refractivity contribution is 5.88. The molecule has 0 aliphatic rings. The fourth-order valence-corrected chi connectivity index (χ4v) is 2.16. The second-order valence-electron chi connectivity index (χ2n) is 5.76. The zero-order chi connectivity index (χ0) is 17.5. The zero-order valence-corrected chi connectivity index (χ0v) is 14.6. The van der Waals surface area contributed by atoms with Crippen LogP contribution in [0.5, 0.6) is 5.75 Å². The van der Waals surface area contributed by atoms with Crippen molar-refractivity contribution in [1.29, 1.82) is 0 Å². The third-order valence-corrected chi connectivity index (χ3v) is 3.79. The summed E-state index contributed by atoms with van der Waals surface area (Å²) in [5.74, 6) is 0.996. The van der Waals surface area contributed by atoms with Gasteiger partial charge in [0.1, 0.15) is 5.75 Å². The Morgan fingerprint density at radius 1 is 1.21 bits per heavy atom. The van der Waals surface area contributed by atoms with Crippen molar-refractivity contribution >= 4 is 11.7 Å². The third kappa shape index (κ3) is 4.99. The summed E-state index contributed by atoms with van der Waals surface area (Å²) >= 11 is 0. The molecule has 0 aliphatic carbocycles. The minimum Gasteiger partial charge on any atom is -0.493 e. The molecule has 0 aliphatic heterocycles. The Labute approximate surface area is 143 Å². The smallest absolute Gasteiger partial charge is 0.345 e. The number of ether oxygens (including phenoxy) is 1. The minimum atomic E-state index is -0.345. The van der Waals surface area contributed by atoms with Gasteiger partial charge in [0.25, 0.3) is 0 Å². The van der Waals surface area contributed by atoms with Gasteiger partial charge in [-0.3, -0.25) is 4.84 Å². The Morgan fingerprint density at radius 2 is 1.92 bits per heavy atom. The first-order valence-electron chi connectivity index (χ1n) is 7.88. The van der Waals surface area contributed by atoms with Gasteiger partial charge in [0.2, 0.25) is 0 Å². The van der Waals surface area contributed by atoms with Crippen LogP contribution in [0.2, 0.25) is 0 Å². The van der Waals surface area contributed by atoms with E-state index in [0.717, 1.165) is 5.06 Å². The molecule has 0 heterocycles. The molecule has 24 heavy (non-hydrogen) atoms. The molecule has 2 aromatic rings. The maximum Gasteiger partial charge on any atom is 0.345 e. The van der Waals surface area contributed by atoms with E-state index in [2.05, 4.69) is 43.4 Å². The Kier molecular flexibility index (Phi) is 6.21. The number of carbonyl (C=O) groups is 1. The molecule has 5 nitrogen and oxygen atoms in total. The van der Waals surface area contributed by atoms with Gasteiger partial charge in [-0.25, -0.2) is 9.86 Å². The Bertz CT molecular complexity index is 671. The summed E-state index contributed by atoms with van der Waals surface area (Å²) < 4.78 is 5.87. The number of anilines is 1. The average molecular weight is 328 g/mol. The molecule has 2 aromatic carbocycles. The number of benzene rings is 2. The van der Waals surface area contributed by atoms with Crippen LogP contribution < -0.4 is 10.1 Å². The van der Waals surface area contributed by atoms with Crippen molar-refractivity contribution in [3.8, 4) is 5.75 Å². The lowest BCUT2D eigenvalue weighted by molar-refractivity contribution is -0.0598. The fraction of sp³-hybridized carbons (Fsp3) is 0.316. The van der Waals surface area contributed by atoms with E-state index in [1.807, 2.05) is 12.1 Å². The molecule has 128 valence electrons. The van der Waals surface area contributed by atoms with Gasteiger partial charge in [-0.2, -0.15) is 0 Å². The summed E-state index contributed by atoms with van der Waals surface area (Å²) in [6.07, 6.45) is 0. The minimum absolute atomic E-state index is 0.281. The molecular formula is C19H24N2O3. The van der Waals surface area contributed by atoms with E-state index in [4.69, 9.17) is 9.57 Å². The van der Waals surface area contributed by atoms with E-state index < -0.39 is 0 Å². The van der Waals surface area contributed by atoms with Gasteiger partial charge < -0.3 is 10.1 Å². The van der Waals surface area contributed by atoms with E-state index in [1.54, 1.807) is 19.2 Å². The summed E-state index contributed by atoms with van der Waals surface area (Å²) in [7, 11) is 2.98. The van der Waals surface area contributed by atoms with Crippen LogP contribution in [0.4, 0.5) is 10.5 Å². The Hall–Kier alpha value is -2.53. The number of nitrogens with zero attached hydrogens (tertiary/aromatic N) is 1. The molecule has 5 heteroatoms. The topological polar surface area (TPSA) is 50.8 Å². The third-order valence-electron chi connectivity index (χ3n) is 3.79. The number of urea groups is 1. The van der Waals surface area contributed by atoms with Crippen LogP contribution >= 0.6 is 0 Å². The van der Waals surface area contributed by atoms with Gasteiger partial charge >= 0.3 is 6.03 Å². The summed E-state index contributed by atoms with van der Waals surface area (Å²) in [6, 6.07) is 15.4. The van der Waals surface area contributed by atoms with E-state index in [-0.39, 0.29) is 11.9 Å². The lowest BCUT2D eigenvalue weighted by atomic mass is 10.0. The van der Waals surface area contributed by atoms with Crippen molar-refractivity contribution in [3.63, 3.8) is 0 Å². The van der Waals surface area contributed by atoms with Crippen molar-refractivity contribution in [2.75, 3.05) is 26.1 Å². The monoisotopic (exact) mass is 328 g/mol. The summed E-state index contributed by atoms with van der Waals surface area (Å²) in [5.41, 5.74) is 3.15. The maximum absolute atomic E-state index is 11.8. The molecule has 1 atom stereocenters. The standard InChI is InChI=1S/C19H24N2O3/c1-14-8-10-16(11-9-14)15(2)13-24-18-7-5-6-17(12-18)20-19(22)21(3)23-4/h5-12,15H,13H2,1-4H3,(H,20,22). The van der Waals surface area contributed by atoms with Crippen LogP contribution in [0.3, 0.4) is 0 Å². The maximum atomic E-state index is 11.8. The fourth-order valence-electron chi connectivity index (χ4n) is 2.16. The van der Waals surface area contributed by atoms with Gasteiger partial charge in [0.15, 0.2) is 0 Å². The molecule has 1 unspecified atom stereocenters. The van der Waals surface area contributed by atoms with Crippen LogP contribution in [0.25, 0.3) is 0 Å². The number of amides is 2. The zero-order valence-electron chi connectivity index (χ0n) is 14.6. The summed E-state index contributed by atoms with van der Waals surface area (Å²) in [5, 5.41) is 3.86. The molecule has 0 radical (unpaired) electrons. The summed E-state index contributed by atoms with van der Waals surface area (Å²) in [6.45, 7) is 4.77. The van der Waals surface area contributed by atoms with Gasteiger partial charge in [0.05, 0.1) is 13.7 Å². The highest BCUT2D eigenvalue weighted by atomic mass is 16.7. The number of carbonyl (C=O) groups excluding carboxylic acids is 1. The summed E-state index contributed by atoms with van der Waals surface area (Å²) in [4.78, 5) is 16.6. The molecule has 2 amide bonds. The van der Waals surface area contributed by atoms with Crippen molar-refractivity contribution in [3.05, 3.63) is 59.7 Å². The Morgan fingerprint density at radius 3 is 2.58 bits per heavy atom. The van der Waals surface area contributed by atoms with Crippen molar-refractivity contribution in [1.82, 2.24) is 5.06 Å². The first kappa shape index (κ1) is 17.8. The van der Waals surface area contributed by atoms with Crippen molar-refractivity contribution in [2.24, 2.45) is 0 Å². The van der Waals surface area contributed by atoms with E-state index in [0.29, 0.717) is 18.0 Å². The van der Waals surface area contributed by atoms with Crippen molar-refractivity contribution < 1.29 is 14.4 Å². The van der Waals surface area contributed by atoms with E-state index in [9.17, 15) is 4.79 Å². The van der Waals surface area contributed by atoms with Crippen LogP contribution in [-0.4, -0.2) is 31.9 Å². The van der Waals surface area contributed by atoms with Crippen LogP contribution in [0, 0.1) is 6.92 Å². The number of hydrogen-bond donors (Lipinski definition) is 1. The molecule has 0 aromatic heterocycles. The SMILES string of the molecule is CON(C)C(=O)Nc1cccc(OCC(C)c2ccc(C)cc2)c1. The quantitative estimate of drug-likeness (QED) is 0.809. The van der Waals surface area contributed by atoms with Crippen LogP contribution in [0.15, 0.2) is 48.5 Å². The van der Waals surface area contributed by atoms with Crippen molar-refractivity contribution in [2.45, 2.75) is 19.8 Å². The number of rotatable bonds is 6. The molecule has 0 saturated heterocycles. The van der Waals surface area contributed by atoms with Crippen LogP contribution in [0.1, 0.15) is 24.0 Å². The lowest BCUT2D eigenvalue weighted by Crippen LogP contribution is -2.30. The predicted molar refractivity (Wildman–Crippen MR) is 95.3 cm³/mol. The van der Waals surface area contributed by atoms with Gasteiger partial charge in [-0.15, -0.1) is 0 Å². The molecular weight excluding hydrogens is 304 g/mol. The molecule has 0 fully saturated rings. The highest BCUT2D eigenvalue weighted by Gasteiger charge is 2.09. The second-order valence-corrected chi connectivity index (χ2v) is 5.76. The number of hydrogen-bond acceptors (Lipinski definition) is 3. The average Bonchev–Trinajstić information content (AvgIpc) is 2.59. The van der Waals surface area contributed by atoms with Gasteiger partial charge in [-0.1, -0.05) is 42.8 Å². The second kappa shape index (κ2) is 8.36. The largest absolute Gasteiger partial charge is 0.493 e. The van der Waals surface area contributed by atoms with Gasteiger partial charge in [0, 0.05) is 24.7 Å². The normalized spacial score (nSPS) is 11.7. The first-order chi connectivity index (χ1) is 11.5. The Balaban J connectivity index is 1.94. The highest BCUT2D eigenvalue weighted by Crippen LogP contribution is 2.21. The molecule has 0 saturated carbocycles. The number of hydroxylamine groups is 2. The number of aryl methyl sites for hydroxylation is 1. The molecule has 0 spiro atoms. The molecule has 2 rings (SSSR count). The lowest BCUT2D eigenvalue weighted by Gasteiger charge is -2.16. The number of nitrogens with one attached hydrogen (secondary N) is 1.